The van der Waals surface area contributed by atoms with Gasteiger partial charge in [0.15, 0.2) is 0 Å². The second-order valence-electron chi connectivity index (χ2n) is 7.67. The van der Waals surface area contributed by atoms with Crippen LogP contribution in [0.5, 0.6) is 5.75 Å². The van der Waals surface area contributed by atoms with Crippen LogP contribution in [-0.2, 0) is 13.0 Å². The molecule has 0 fully saturated rings. The number of fused-ring (bicyclic) bond motifs is 1. The number of aromatic amines is 1. The van der Waals surface area contributed by atoms with Gasteiger partial charge in [-0.3, -0.25) is 14.7 Å². The monoisotopic (exact) mass is 494 g/mol. The van der Waals surface area contributed by atoms with Crippen molar-refractivity contribution in [2.75, 3.05) is 25.0 Å². The van der Waals surface area contributed by atoms with Gasteiger partial charge < -0.3 is 15.5 Å². The van der Waals surface area contributed by atoms with Crippen molar-refractivity contribution in [3.05, 3.63) is 88.3 Å². The number of aryl methyl sites for hydroxylation is 1. The molecule has 0 radical (unpaired) electrons. The molecule has 0 saturated carbocycles. The lowest BCUT2D eigenvalue weighted by Crippen LogP contribution is -2.38. The molecule has 3 aromatic rings. The van der Waals surface area contributed by atoms with Gasteiger partial charge in [-0.15, -0.1) is 24.8 Å². The standard InChI is InChI=1S/C24H28N4O2.2ClH.H2O/c29-23-13-15-26-24(27-23)25-14-6-16-28(17-19-7-2-1-3-8-19)18-21-12-11-20-9-4-5-10-22(20)30-21;;;/h1-5,7-10,13,15,21H,6,11-12,14,16-18H2,(H2,25,26,27,29);2*1H;1H2. The van der Waals surface area contributed by atoms with Crippen molar-refractivity contribution >= 4 is 30.8 Å². The third-order valence-electron chi connectivity index (χ3n) is 5.33. The molecule has 0 amide bonds. The van der Waals surface area contributed by atoms with Crippen LogP contribution in [0.1, 0.15) is 24.0 Å². The summed E-state index contributed by atoms with van der Waals surface area (Å²) >= 11 is 0. The molecule has 7 nitrogen and oxygen atoms in total. The van der Waals surface area contributed by atoms with Gasteiger partial charge in [-0.05, 0) is 36.5 Å². The van der Waals surface area contributed by atoms with Gasteiger partial charge in [0.1, 0.15) is 11.9 Å². The van der Waals surface area contributed by atoms with Crippen molar-refractivity contribution in [2.24, 2.45) is 0 Å². The van der Waals surface area contributed by atoms with Gasteiger partial charge in [0.25, 0.3) is 5.56 Å². The first-order valence-electron chi connectivity index (χ1n) is 10.6. The van der Waals surface area contributed by atoms with E-state index in [2.05, 4.69) is 62.6 Å². The Morgan fingerprint density at radius 2 is 1.82 bits per heavy atom. The van der Waals surface area contributed by atoms with Crippen LogP contribution < -0.4 is 15.6 Å². The second kappa shape index (κ2) is 14.5. The SMILES string of the molecule is Cl.Cl.O.O=c1ccnc(NCCCN(Cc2ccccc2)CC2CCc3ccccc3O2)[nH]1. The predicted molar refractivity (Wildman–Crippen MR) is 137 cm³/mol. The number of hydrogen-bond acceptors (Lipinski definition) is 5. The van der Waals surface area contributed by atoms with Crippen LogP contribution in [0.4, 0.5) is 5.95 Å². The average molecular weight is 495 g/mol. The van der Waals surface area contributed by atoms with Gasteiger partial charge >= 0.3 is 0 Å². The third kappa shape index (κ3) is 8.70. The second-order valence-corrected chi connectivity index (χ2v) is 7.67. The molecule has 0 spiro atoms. The highest BCUT2D eigenvalue weighted by Gasteiger charge is 2.22. The fraction of sp³-hybridized carbons (Fsp3) is 0.333. The van der Waals surface area contributed by atoms with Crippen LogP contribution in [0.2, 0.25) is 0 Å². The first kappa shape index (κ1) is 28.5. The lowest BCUT2D eigenvalue weighted by Gasteiger charge is -2.31. The largest absolute Gasteiger partial charge is 0.489 e. The van der Waals surface area contributed by atoms with Crippen LogP contribution in [0, 0.1) is 0 Å². The van der Waals surface area contributed by atoms with E-state index in [0.29, 0.717) is 5.95 Å². The molecule has 0 saturated heterocycles. The molecule has 4 rings (SSSR count). The number of hydrogen-bond donors (Lipinski definition) is 2. The van der Waals surface area contributed by atoms with Crippen molar-refractivity contribution in [1.29, 1.82) is 0 Å². The summed E-state index contributed by atoms with van der Waals surface area (Å²) in [5.74, 6) is 1.54. The fourth-order valence-corrected chi connectivity index (χ4v) is 3.84. The minimum absolute atomic E-state index is 0. The molecule has 33 heavy (non-hydrogen) atoms. The zero-order valence-corrected chi connectivity index (χ0v) is 20.0. The molecular weight excluding hydrogens is 463 g/mol. The number of ether oxygens (including phenoxy) is 1. The summed E-state index contributed by atoms with van der Waals surface area (Å²) in [5, 5.41) is 3.20. The summed E-state index contributed by atoms with van der Waals surface area (Å²) in [7, 11) is 0. The van der Waals surface area contributed by atoms with E-state index in [0.717, 1.165) is 51.2 Å². The third-order valence-corrected chi connectivity index (χ3v) is 5.33. The number of anilines is 1. The van der Waals surface area contributed by atoms with Gasteiger partial charge in [-0.2, -0.15) is 0 Å². The van der Waals surface area contributed by atoms with Crippen LogP contribution >= 0.6 is 24.8 Å². The minimum atomic E-state index is -0.145. The Labute approximate surface area is 206 Å². The smallest absolute Gasteiger partial charge is 0.252 e. The van der Waals surface area contributed by atoms with Crippen LogP contribution in [-0.4, -0.2) is 46.1 Å². The Hall–Kier alpha value is -2.58. The lowest BCUT2D eigenvalue weighted by atomic mass is 10.0. The number of para-hydroxylation sites is 1. The molecule has 4 N–H and O–H groups in total. The van der Waals surface area contributed by atoms with Crippen molar-refractivity contribution in [2.45, 2.75) is 31.9 Å². The van der Waals surface area contributed by atoms with Crippen LogP contribution in [0.15, 0.2) is 71.7 Å². The zero-order valence-electron chi connectivity index (χ0n) is 18.4. The summed E-state index contributed by atoms with van der Waals surface area (Å²) in [6.45, 7) is 3.46. The molecule has 1 aromatic heterocycles. The van der Waals surface area contributed by atoms with Gasteiger partial charge in [-0.1, -0.05) is 48.5 Å². The Morgan fingerprint density at radius 1 is 1.06 bits per heavy atom. The molecule has 1 unspecified atom stereocenters. The molecule has 2 aromatic carbocycles. The normalized spacial score (nSPS) is 14.0. The quantitative estimate of drug-likeness (QED) is 0.443. The van der Waals surface area contributed by atoms with E-state index in [9.17, 15) is 4.79 Å². The van der Waals surface area contributed by atoms with Crippen molar-refractivity contribution < 1.29 is 10.2 Å². The topological polar surface area (TPSA) is 102 Å². The number of aromatic nitrogens is 2. The maximum absolute atomic E-state index is 11.4. The van der Waals surface area contributed by atoms with E-state index >= 15 is 0 Å². The van der Waals surface area contributed by atoms with Gasteiger partial charge in [-0.25, -0.2) is 4.98 Å². The first-order chi connectivity index (χ1) is 14.8. The highest BCUT2D eigenvalue weighted by molar-refractivity contribution is 5.85. The van der Waals surface area contributed by atoms with Crippen molar-refractivity contribution in [3.8, 4) is 5.75 Å². The number of nitrogens with one attached hydrogen (secondary N) is 2. The van der Waals surface area contributed by atoms with Crippen molar-refractivity contribution in [3.63, 3.8) is 0 Å². The van der Waals surface area contributed by atoms with E-state index in [1.165, 1.54) is 23.4 Å². The van der Waals surface area contributed by atoms with E-state index in [-0.39, 0.29) is 42.0 Å². The number of nitrogens with zero attached hydrogens (tertiary/aromatic N) is 2. The van der Waals surface area contributed by atoms with Gasteiger partial charge in [0.05, 0.1) is 0 Å². The summed E-state index contributed by atoms with van der Waals surface area (Å²) in [4.78, 5) is 20.7. The highest BCUT2D eigenvalue weighted by Crippen LogP contribution is 2.27. The van der Waals surface area contributed by atoms with E-state index < -0.39 is 0 Å². The predicted octanol–water partition coefficient (Wildman–Crippen LogP) is 3.49. The fourth-order valence-electron chi connectivity index (χ4n) is 3.84. The lowest BCUT2D eigenvalue weighted by molar-refractivity contribution is 0.110. The molecule has 0 bridgehead atoms. The van der Waals surface area contributed by atoms with Gasteiger partial charge in [0, 0.05) is 38.4 Å². The maximum Gasteiger partial charge on any atom is 0.252 e. The molecular formula is C24H32Cl2N4O3. The molecule has 0 aliphatic carbocycles. The summed E-state index contributed by atoms with van der Waals surface area (Å²) in [6, 6.07) is 20.3. The zero-order chi connectivity index (χ0) is 20.6. The molecule has 1 aliphatic rings. The Bertz CT molecular complexity index is 1000. The van der Waals surface area contributed by atoms with E-state index in [4.69, 9.17) is 4.74 Å². The van der Waals surface area contributed by atoms with Crippen molar-refractivity contribution in [1.82, 2.24) is 14.9 Å². The number of halogens is 2. The molecule has 1 aliphatic heterocycles. The van der Waals surface area contributed by atoms with E-state index in [1.807, 2.05) is 12.1 Å². The Kier molecular flexibility index (Phi) is 12.5. The number of H-pyrrole nitrogens is 1. The minimum Gasteiger partial charge on any atom is -0.489 e. The van der Waals surface area contributed by atoms with Crippen LogP contribution in [0.3, 0.4) is 0 Å². The first-order valence-corrected chi connectivity index (χ1v) is 10.6. The van der Waals surface area contributed by atoms with Crippen LogP contribution in [0.25, 0.3) is 0 Å². The van der Waals surface area contributed by atoms with Gasteiger partial charge in [0.2, 0.25) is 5.95 Å². The average Bonchev–Trinajstić information content (AvgIpc) is 2.77. The summed E-state index contributed by atoms with van der Waals surface area (Å²) in [5.41, 5.74) is 2.46. The Morgan fingerprint density at radius 3 is 2.61 bits per heavy atom. The molecule has 9 heteroatoms. The molecule has 180 valence electrons. The van der Waals surface area contributed by atoms with E-state index in [1.54, 1.807) is 0 Å². The maximum atomic E-state index is 11.4. The number of benzene rings is 2. The molecule has 2 heterocycles. The Balaban J connectivity index is 0.00000181. The molecule has 1 atom stereocenters. The summed E-state index contributed by atoms with van der Waals surface area (Å²) in [6.07, 6.45) is 4.75. The summed E-state index contributed by atoms with van der Waals surface area (Å²) < 4.78 is 6.28. The highest BCUT2D eigenvalue weighted by atomic mass is 35.5. The number of rotatable bonds is 9.